The largest absolute Gasteiger partial charge is 0.463 e. The van der Waals surface area contributed by atoms with Gasteiger partial charge >= 0.3 is 5.97 Å². The lowest BCUT2D eigenvalue weighted by atomic mass is 10.1. The molecule has 4 aromatic rings. The summed E-state index contributed by atoms with van der Waals surface area (Å²) in [4.78, 5) is 19.1. The molecule has 2 heterocycles. The number of aromatic nitrogens is 2. The summed E-state index contributed by atoms with van der Waals surface area (Å²) in [6.07, 6.45) is 9.56. The van der Waals surface area contributed by atoms with Crippen LogP contribution in [0.5, 0.6) is 0 Å². The highest BCUT2D eigenvalue weighted by molar-refractivity contribution is 5.88. The molecule has 32 heavy (non-hydrogen) atoms. The van der Waals surface area contributed by atoms with Crippen molar-refractivity contribution in [3.8, 4) is 0 Å². The normalized spacial score (nSPS) is 11.0. The summed E-state index contributed by atoms with van der Waals surface area (Å²) < 4.78 is 4.94. The Hall–Kier alpha value is -4.06. The Morgan fingerprint density at radius 2 is 1.91 bits per heavy atom. The maximum absolute atomic E-state index is 11.6. The van der Waals surface area contributed by atoms with Crippen LogP contribution in [0.15, 0.2) is 79.3 Å². The van der Waals surface area contributed by atoms with Crippen LogP contribution in [0, 0.1) is 0 Å². The van der Waals surface area contributed by atoms with Crippen LogP contribution in [0.3, 0.4) is 0 Å². The fourth-order valence-electron chi connectivity index (χ4n) is 3.51. The Kier molecular flexibility index (Phi) is 6.82. The molecule has 2 aromatic heterocycles. The van der Waals surface area contributed by atoms with Gasteiger partial charge in [-0.3, -0.25) is 4.98 Å². The second-order valence-electron chi connectivity index (χ2n) is 7.29. The van der Waals surface area contributed by atoms with E-state index in [-0.39, 0.29) is 5.97 Å². The number of carbonyl (C=O) groups is 1. The van der Waals surface area contributed by atoms with Crippen molar-refractivity contribution in [1.29, 1.82) is 0 Å². The number of nitrogens with one attached hydrogen (secondary N) is 3. The van der Waals surface area contributed by atoms with E-state index in [1.807, 2.05) is 36.4 Å². The molecule has 0 spiro atoms. The highest BCUT2D eigenvalue weighted by atomic mass is 16.5. The molecule has 0 unspecified atom stereocenters. The molecule has 0 amide bonds. The summed E-state index contributed by atoms with van der Waals surface area (Å²) in [5.74, 6) is -0.370. The standard InChI is InChI=1S/C26H26N4O2/c1-2-32-26(31)12-7-20-17-27-15-14-24(20)30-22-10-8-21(9-11-22)28-16-13-19-18-29-25-6-4-3-5-23(19)25/h3-12,14-15,17-18,28-29H,2,13,16H2,1H3,(H,27,30). The van der Waals surface area contributed by atoms with E-state index in [9.17, 15) is 4.79 Å². The van der Waals surface area contributed by atoms with Crippen LogP contribution in [0.25, 0.3) is 17.0 Å². The van der Waals surface area contributed by atoms with E-state index in [2.05, 4.69) is 45.0 Å². The SMILES string of the molecule is CCOC(=O)C=Cc1cnccc1Nc1ccc(NCCc2c[nH]c3ccccc23)cc1. The van der Waals surface area contributed by atoms with Gasteiger partial charge in [-0.15, -0.1) is 0 Å². The molecule has 0 bridgehead atoms. The second-order valence-corrected chi connectivity index (χ2v) is 7.29. The van der Waals surface area contributed by atoms with Crippen molar-refractivity contribution in [2.45, 2.75) is 13.3 Å². The number of carbonyl (C=O) groups excluding carboxylic acids is 1. The lowest BCUT2D eigenvalue weighted by molar-refractivity contribution is -0.137. The number of hydrogen-bond donors (Lipinski definition) is 3. The van der Waals surface area contributed by atoms with Crippen LogP contribution >= 0.6 is 0 Å². The van der Waals surface area contributed by atoms with E-state index >= 15 is 0 Å². The maximum Gasteiger partial charge on any atom is 0.330 e. The minimum absolute atomic E-state index is 0.351. The molecule has 0 radical (unpaired) electrons. The Morgan fingerprint density at radius 1 is 1.09 bits per heavy atom. The predicted octanol–water partition coefficient (Wildman–Crippen LogP) is 5.54. The number of benzene rings is 2. The lowest BCUT2D eigenvalue weighted by Crippen LogP contribution is -2.04. The van der Waals surface area contributed by atoms with Crippen molar-refractivity contribution in [1.82, 2.24) is 9.97 Å². The number of aromatic amines is 1. The summed E-state index contributed by atoms with van der Waals surface area (Å²) in [5, 5.41) is 8.14. The molecule has 6 heteroatoms. The third kappa shape index (κ3) is 5.35. The molecule has 0 aliphatic rings. The summed E-state index contributed by atoms with van der Waals surface area (Å²) in [7, 11) is 0. The third-order valence-corrected chi connectivity index (χ3v) is 5.10. The maximum atomic E-state index is 11.6. The Balaban J connectivity index is 1.35. The molecule has 0 atom stereocenters. The number of fused-ring (bicyclic) bond motifs is 1. The summed E-state index contributed by atoms with van der Waals surface area (Å²) in [6.45, 7) is 2.98. The van der Waals surface area contributed by atoms with Gasteiger partial charge in [0.1, 0.15) is 0 Å². The first-order valence-electron chi connectivity index (χ1n) is 10.7. The smallest absolute Gasteiger partial charge is 0.330 e. The molecule has 0 aliphatic heterocycles. The predicted molar refractivity (Wildman–Crippen MR) is 130 cm³/mol. The minimum Gasteiger partial charge on any atom is -0.463 e. The molecule has 3 N–H and O–H groups in total. The first kappa shape index (κ1) is 21.2. The van der Waals surface area contributed by atoms with Crippen LogP contribution in [-0.2, 0) is 16.0 Å². The van der Waals surface area contributed by atoms with Crippen molar-refractivity contribution >= 4 is 40.0 Å². The topological polar surface area (TPSA) is 79.0 Å². The van der Waals surface area contributed by atoms with Crippen LogP contribution < -0.4 is 10.6 Å². The van der Waals surface area contributed by atoms with Gasteiger partial charge in [-0.05, 0) is 61.4 Å². The zero-order valence-corrected chi connectivity index (χ0v) is 18.0. The molecule has 2 aromatic carbocycles. The number of ether oxygens (including phenoxy) is 1. The number of hydrogen-bond acceptors (Lipinski definition) is 5. The zero-order chi connectivity index (χ0) is 22.2. The summed E-state index contributed by atoms with van der Waals surface area (Å²) >= 11 is 0. The van der Waals surface area contributed by atoms with Crippen molar-refractivity contribution < 1.29 is 9.53 Å². The molecule has 0 saturated carbocycles. The van der Waals surface area contributed by atoms with E-state index in [0.29, 0.717) is 6.61 Å². The number of para-hydroxylation sites is 1. The second kappa shape index (κ2) is 10.3. The number of esters is 1. The van der Waals surface area contributed by atoms with Gasteiger partial charge in [0.2, 0.25) is 0 Å². The van der Waals surface area contributed by atoms with Gasteiger partial charge in [-0.2, -0.15) is 0 Å². The van der Waals surface area contributed by atoms with Crippen molar-refractivity contribution in [2.75, 3.05) is 23.8 Å². The number of anilines is 3. The molecule has 0 aliphatic carbocycles. The van der Waals surface area contributed by atoms with Crippen LogP contribution in [0.1, 0.15) is 18.1 Å². The first-order valence-corrected chi connectivity index (χ1v) is 10.7. The Labute approximate surface area is 187 Å². The van der Waals surface area contributed by atoms with Gasteiger partial charge < -0.3 is 20.4 Å². The zero-order valence-electron chi connectivity index (χ0n) is 18.0. The van der Waals surface area contributed by atoms with E-state index in [1.165, 1.54) is 22.5 Å². The highest BCUT2D eigenvalue weighted by Gasteiger charge is 2.04. The highest BCUT2D eigenvalue weighted by Crippen LogP contribution is 2.23. The van der Waals surface area contributed by atoms with Gasteiger partial charge in [0.25, 0.3) is 0 Å². The van der Waals surface area contributed by atoms with Gasteiger partial charge in [0, 0.05) is 64.7 Å². The third-order valence-electron chi connectivity index (χ3n) is 5.10. The van der Waals surface area contributed by atoms with E-state index in [0.717, 1.165) is 35.6 Å². The van der Waals surface area contributed by atoms with Crippen LogP contribution in [0.2, 0.25) is 0 Å². The van der Waals surface area contributed by atoms with E-state index in [1.54, 1.807) is 25.4 Å². The van der Waals surface area contributed by atoms with Gasteiger partial charge in [-0.1, -0.05) is 18.2 Å². The van der Waals surface area contributed by atoms with Crippen molar-refractivity contribution in [3.05, 3.63) is 90.4 Å². The summed E-state index contributed by atoms with van der Waals surface area (Å²) in [6, 6.07) is 18.4. The molecule has 4 rings (SSSR count). The van der Waals surface area contributed by atoms with E-state index in [4.69, 9.17) is 4.74 Å². The molecular weight excluding hydrogens is 400 g/mol. The fraction of sp³-hybridized carbons (Fsp3) is 0.154. The Bertz CT molecular complexity index is 1210. The quantitative estimate of drug-likeness (QED) is 0.242. The number of H-pyrrole nitrogens is 1. The Morgan fingerprint density at radius 3 is 2.75 bits per heavy atom. The molecule has 0 saturated heterocycles. The summed E-state index contributed by atoms with van der Waals surface area (Å²) in [5.41, 5.74) is 6.16. The monoisotopic (exact) mass is 426 g/mol. The fourth-order valence-corrected chi connectivity index (χ4v) is 3.51. The lowest BCUT2D eigenvalue weighted by Gasteiger charge is -2.11. The van der Waals surface area contributed by atoms with Gasteiger partial charge in [-0.25, -0.2) is 4.79 Å². The average molecular weight is 427 g/mol. The van der Waals surface area contributed by atoms with E-state index < -0.39 is 0 Å². The molecular formula is C26H26N4O2. The van der Waals surface area contributed by atoms with Crippen LogP contribution in [-0.4, -0.2) is 29.1 Å². The van der Waals surface area contributed by atoms with Gasteiger partial charge in [0.05, 0.1) is 6.61 Å². The number of rotatable bonds is 9. The molecule has 162 valence electrons. The first-order chi connectivity index (χ1) is 15.7. The molecule has 6 nitrogen and oxygen atoms in total. The number of nitrogens with zero attached hydrogens (tertiary/aromatic N) is 1. The van der Waals surface area contributed by atoms with Crippen LogP contribution in [0.4, 0.5) is 17.1 Å². The molecule has 0 fully saturated rings. The van der Waals surface area contributed by atoms with Crippen molar-refractivity contribution in [3.63, 3.8) is 0 Å². The number of pyridine rings is 1. The minimum atomic E-state index is -0.370. The van der Waals surface area contributed by atoms with Gasteiger partial charge in [0.15, 0.2) is 0 Å². The van der Waals surface area contributed by atoms with Crippen molar-refractivity contribution in [2.24, 2.45) is 0 Å². The average Bonchev–Trinajstić information content (AvgIpc) is 3.23.